The lowest BCUT2D eigenvalue weighted by molar-refractivity contribution is 0.207. The smallest absolute Gasteiger partial charge is 0.412 e. The van der Waals surface area contributed by atoms with Crippen molar-refractivity contribution in [1.29, 1.82) is 0 Å². The van der Waals surface area contributed by atoms with E-state index < -0.39 is 6.09 Å². The molecular formula is C14H13N3O3. The molecule has 0 atom stereocenters. The molecule has 0 radical (unpaired) electrons. The Morgan fingerprint density at radius 3 is 2.90 bits per heavy atom. The summed E-state index contributed by atoms with van der Waals surface area (Å²) in [6.45, 7) is 1.93. The van der Waals surface area contributed by atoms with Crippen molar-refractivity contribution in [3.05, 3.63) is 53.3 Å². The Bertz CT molecular complexity index is 668. The number of carbonyl (C=O) groups is 1. The first-order valence-electron chi connectivity index (χ1n) is 5.82. The lowest BCUT2D eigenvalue weighted by Gasteiger charge is -2.02. The van der Waals surface area contributed by atoms with Gasteiger partial charge in [0.05, 0.1) is 5.69 Å². The Balaban J connectivity index is 2.28. The average Bonchev–Trinajstić information content (AvgIpc) is 2.38. The van der Waals surface area contributed by atoms with Crippen LogP contribution in [0.5, 0.6) is 6.01 Å². The third-order valence-electron chi connectivity index (χ3n) is 2.45. The number of aliphatic hydroxyl groups excluding tert-OH is 1. The zero-order valence-electron chi connectivity index (χ0n) is 10.8. The molecule has 0 aliphatic rings. The average molecular weight is 271 g/mol. The largest absolute Gasteiger partial charge is 0.507 e. The first kappa shape index (κ1) is 13.5. The summed E-state index contributed by atoms with van der Waals surface area (Å²) >= 11 is 0. The van der Waals surface area contributed by atoms with Crippen molar-refractivity contribution in [2.24, 2.45) is 5.73 Å². The number of hydrogen-bond donors (Lipinski definition) is 2. The second-order valence-corrected chi connectivity index (χ2v) is 4.08. The van der Waals surface area contributed by atoms with Gasteiger partial charge in [-0.15, -0.1) is 0 Å². The van der Waals surface area contributed by atoms with Crippen LogP contribution in [0.1, 0.15) is 16.8 Å². The maximum atomic E-state index is 10.6. The molecule has 6 heteroatoms. The van der Waals surface area contributed by atoms with Crippen LogP contribution in [-0.2, 0) is 0 Å². The third-order valence-corrected chi connectivity index (χ3v) is 2.45. The van der Waals surface area contributed by atoms with Crippen molar-refractivity contribution in [2.45, 2.75) is 6.92 Å². The number of primary amides is 1. The summed E-state index contributed by atoms with van der Waals surface area (Å²) in [5.74, 6) is 0.0532. The van der Waals surface area contributed by atoms with Gasteiger partial charge in [-0.05, 0) is 19.1 Å². The van der Waals surface area contributed by atoms with E-state index in [9.17, 15) is 9.90 Å². The Kier molecular flexibility index (Phi) is 3.95. The Morgan fingerprint density at radius 1 is 1.40 bits per heavy atom. The topological polar surface area (TPSA) is 98.3 Å². The summed E-state index contributed by atoms with van der Waals surface area (Å²) in [6, 6.07) is 8.80. The lowest BCUT2D eigenvalue weighted by Crippen LogP contribution is -2.17. The monoisotopic (exact) mass is 271 g/mol. The molecule has 1 heterocycles. The molecule has 0 aliphatic carbocycles. The maximum Gasteiger partial charge on any atom is 0.412 e. The number of rotatable bonds is 3. The molecule has 0 aliphatic heterocycles. The van der Waals surface area contributed by atoms with Gasteiger partial charge in [-0.25, -0.2) is 9.78 Å². The minimum absolute atomic E-state index is 0.0532. The first-order chi connectivity index (χ1) is 9.54. The van der Waals surface area contributed by atoms with E-state index in [1.807, 2.05) is 25.1 Å². The number of hydrogen-bond acceptors (Lipinski definition) is 5. The van der Waals surface area contributed by atoms with Gasteiger partial charge in [0.25, 0.3) is 0 Å². The second kappa shape index (κ2) is 5.83. The number of aromatic nitrogens is 2. The van der Waals surface area contributed by atoms with Gasteiger partial charge in [-0.1, -0.05) is 23.8 Å². The quantitative estimate of drug-likeness (QED) is 0.834. The van der Waals surface area contributed by atoms with Crippen LogP contribution >= 0.6 is 0 Å². The molecule has 0 fully saturated rings. The molecule has 0 saturated carbocycles. The van der Waals surface area contributed by atoms with Gasteiger partial charge in [0.15, 0.2) is 0 Å². The van der Waals surface area contributed by atoms with Gasteiger partial charge in [0.1, 0.15) is 5.76 Å². The number of amides is 1. The van der Waals surface area contributed by atoms with Crippen LogP contribution in [0.25, 0.3) is 11.8 Å². The third kappa shape index (κ3) is 3.55. The van der Waals surface area contributed by atoms with Crippen molar-refractivity contribution in [1.82, 2.24) is 9.97 Å². The summed E-state index contributed by atoms with van der Waals surface area (Å²) in [7, 11) is 0. The molecule has 3 N–H and O–H groups in total. The SMILES string of the molecule is Cc1cccc(C(O)=Cc2ccnc(OC(N)=O)n2)c1. The fourth-order valence-corrected chi connectivity index (χ4v) is 1.60. The predicted octanol–water partition coefficient (Wildman–Crippen LogP) is 2.30. The van der Waals surface area contributed by atoms with Crippen molar-refractivity contribution in [3.63, 3.8) is 0 Å². The molecule has 20 heavy (non-hydrogen) atoms. The van der Waals surface area contributed by atoms with E-state index >= 15 is 0 Å². The van der Waals surface area contributed by atoms with Crippen molar-refractivity contribution >= 4 is 17.9 Å². The van der Waals surface area contributed by atoms with Crippen LogP contribution in [-0.4, -0.2) is 21.2 Å². The molecule has 1 aromatic carbocycles. The van der Waals surface area contributed by atoms with E-state index in [0.29, 0.717) is 11.3 Å². The van der Waals surface area contributed by atoms with E-state index in [2.05, 4.69) is 14.7 Å². The van der Waals surface area contributed by atoms with Crippen molar-refractivity contribution < 1.29 is 14.6 Å². The molecule has 0 saturated heterocycles. The zero-order chi connectivity index (χ0) is 14.5. The fourth-order valence-electron chi connectivity index (χ4n) is 1.60. The number of nitrogens with zero attached hydrogens (tertiary/aromatic N) is 2. The highest BCUT2D eigenvalue weighted by molar-refractivity contribution is 5.75. The van der Waals surface area contributed by atoms with Crippen LogP contribution in [0.4, 0.5) is 4.79 Å². The lowest BCUT2D eigenvalue weighted by atomic mass is 10.1. The number of aliphatic hydroxyl groups is 1. The summed E-state index contributed by atoms with van der Waals surface area (Å²) in [5, 5.41) is 10.0. The van der Waals surface area contributed by atoms with Gasteiger partial charge in [0, 0.05) is 17.8 Å². The summed E-state index contributed by atoms with van der Waals surface area (Å²) in [5.41, 5.74) is 6.97. The molecule has 0 bridgehead atoms. The Morgan fingerprint density at radius 2 is 2.20 bits per heavy atom. The number of nitrogens with two attached hydrogens (primary N) is 1. The van der Waals surface area contributed by atoms with Crippen molar-refractivity contribution in [2.75, 3.05) is 0 Å². The number of aryl methyl sites for hydroxylation is 1. The van der Waals surface area contributed by atoms with Gasteiger partial charge in [0.2, 0.25) is 0 Å². The Hall–Kier alpha value is -2.89. The number of ether oxygens (including phenoxy) is 1. The van der Waals surface area contributed by atoms with Crippen LogP contribution < -0.4 is 10.5 Å². The highest BCUT2D eigenvalue weighted by atomic mass is 16.6. The molecule has 0 spiro atoms. The molecule has 0 unspecified atom stereocenters. The highest BCUT2D eigenvalue weighted by Crippen LogP contribution is 2.16. The van der Waals surface area contributed by atoms with E-state index in [0.717, 1.165) is 5.56 Å². The molecular weight excluding hydrogens is 258 g/mol. The van der Waals surface area contributed by atoms with E-state index in [4.69, 9.17) is 5.73 Å². The minimum atomic E-state index is -0.992. The molecule has 6 nitrogen and oxygen atoms in total. The fraction of sp³-hybridized carbons (Fsp3) is 0.0714. The van der Waals surface area contributed by atoms with Gasteiger partial charge in [-0.2, -0.15) is 4.98 Å². The molecule has 1 amide bonds. The summed E-state index contributed by atoms with van der Waals surface area (Å²) in [6.07, 6.45) is 1.86. The molecule has 2 aromatic rings. The standard InChI is InChI=1S/C14H13N3O3/c1-9-3-2-4-10(7-9)12(18)8-11-5-6-16-14(17-11)20-13(15)19/h2-8,18H,1H3,(H2,15,19). The number of carbonyl (C=O) groups excluding carboxylic acids is 1. The van der Waals surface area contributed by atoms with E-state index in [1.165, 1.54) is 12.3 Å². The predicted molar refractivity (Wildman–Crippen MR) is 73.9 cm³/mol. The zero-order valence-corrected chi connectivity index (χ0v) is 10.8. The first-order valence-corrected chi connectivity index (χ1v) is 5.82. The van der Waals surface area contributed by atoms with Gasteiger partial charge in [-0.3, -0.25) is 0 Å². The van der Waals surface area contributed by atoms with E-state index in [-0.39, 0.29) is 11.8 Å². The Labute approximate surface area is 115 Å². The summed E-state index contributed by atoms with van der Waals surface area (Å²) < 4.78 is 4.57. The second-order valence-electron chi connectivity index (χ2n) is 4.08. The normalized spacial score (nSPS) is 11.2. The van der Waals surface area contributed by atoms with Crippen molar-refractivity contribution in [3.8, 4) is 6.01 Å². The molecule has 1 aromatic heterocycles. The van der Waals surface area contributed by atoms with Gasteiger partial charge >= 0.3 is 12.1 Å². The maximum absolute atomic E-state index is 10.6. The highest BCUT2D eigenvalue weighted by Gasteiger charge is 2.04. The van der Waals surface area contributed by atoms with Crippen LogP contribution in [0.15, 0.2) is 36.5 Å². The van der Waals surface area contributed by atoms with Crippen LogP contribution in [0, 0.1) is 6.92 Å². The van der Waals surface area contributed by atoms with E-state index in [1.54, 1.807) is 12.1 Å². The van der Waals surface area contributed by atoms with Crippen LogP contribution in [0.2, 0.25) is 0 Å². The number of benzene rings is 1. The van der Waals surface area contributed by atoms with Gasteiger partial charge < -0.3 is 15.6 Å². The minimum Gasteiger partial charge on any atom is -0.507 e. The molecule has 102 valence electrons. The molecule has 2 rings (SSSR count). The summed E-state index contributed by atoms with van der Waals surface area (Å²) in [4.78, 5) is 18.3. The van der Waals surface area contributed by atoms with Crippen LogP contribution in [0.3, 0.4) is 0 Å².